The minimum absolute atomic E-state index is 0.839. The summed E-state index contributed by atoms with van der Waals surface area (Å²) in [5.74, 6) is 0.839. The summed E-state index contributed by atoms with van der Waals surface area (Å²) in [4.78, 5) is 3.09. The molecule has 0 saturated carbocycles. The third-order valence-corrected chi connectivity index (χ3v) is 4.30. The first kappa shape index (κ1) is 13.7. The summed E-state index contributed by atoms with van der Waals surface area (Å²) >= 11 is 1.99. The molecule has 0 aliphatic heterocycles. The predicted molar refractivity (Wildman–Crippen MR) is 74.3 cm³/mol. The maximum Gasteiger partial charge on any atom is 0.00482 e. The second-order valence-electron chi connectivity index (χ2n) is 4.51. The summed E-state index contributed by atoms with van der Waals surface area (Å²) in [6, 6.07) is 4.59. The molecule has 0 spiro atoms. The van der Waals surface area contributed by atoms with Crippen LogP contribution in [-0.2, 0) is 12.8 Å². The van der Waals surface area contributed by atoms with Crippen LogP contribution in [-0.4, -0.2) is 13.1 Å². The van der Waals surface area contributed by atoms with Gasteiger partial charge in [-0.05, 0) is 56.8 Å². The number of rotatable bonds is 8. The molecule has 0 aliphatic rings. The first-order valence-electron chi connectivity index (χ1n) is 6.54. The lowest BCUT2D eigenvalue weighted by molar-refractivity contribution is 0.475. The smallest absolute Gasteiger partial charge is 0.00482 e. The highest BCUT2D eigenvalue weighted by Gasteiger charge is 2.04. The average molecular weight is 239 g/mol. The van der Waals surface area contributed by atoms with Crippen LogP contribution in [0.1, 0.15) is 43.4 Å². The zero-order valence-corrected chi connectivity index (χ0v) is 11.7. The Balaban J connectivity index is 2.18. The summed E-state index contributed by atoms with van der Waals surface area (Å²) in [5, 5.41) is 3.39. The molecule has 2 heteroatoms. The molecule has 1 atom stereocenters. The van der Waals surface area contributed by atoms with E-state index in [0.29, 0.717) is 0 Å². The number of hydrogen-bond donors (Lipinski definition) is 1. The van der Waals surface area contributed by atoms with Crippen molar-refractivity contribution in [3.63, 3.8) is 0 Å². The van der Waals surface area contributed by atoms with E-state index in [1.807, 2.05) is 11.3 Å². The molecule has 0 aliphatic carbocycles. The molecule has 1 aromatic heterocycles. The van der Waals surface area contributed by atoms with Crippen LogP contribution in [0.2, 0.25) is 0 Å². The normalized spacial score (nSPS) is 12.9. The fraction of sp³-hybridized carbons (Fsp3) is 0.714. The van der Waals surface area contributed by atoms with Gasteiger partial charge in [0.15, 0.2) is 0 Å². The highest BCUT2D eigenvalue weighted by Crippen LogP contribution is 2.20. The van der Waals surface area contributed by atoms with Gasteiger partial charge in [0.25, 0.3) is 0 Å². The minimum atomic E-state index is 0.839. The molecule has 0 radical (unpaired) electrons. The largest absolute Gasteiger partial charge is 0.317 e. The molecule has 16 heavy (non-hydrogen) atoms. The SMILES string of the molecule is CCNCCC(C)CCc1ccc(CC)s1. The molecule has 1 heterocycles. The van der Waals surface area contributed by atoms with E-state index >= 15 is 0 Å². The molecule has 1 aromatic rings. The molecule has 0 amide bonds. The van der Waals surface area contributed by atoms with E-state index in [-0.39, 0.29) is 0 Å². The van der Waals surface area contributed by atoms with Crippen LogP contribution in [0.15, 0.2) is 12.1 Å². The van der Waals surface area contributed by atoms with Crippen LogP contribution in [0, 0.1) is 5.92 Å². The second kappa shape index (κ2) is 7.86. The van der Waals surface area contributed by atoms with Crippen molar-refractivity contribution in [2.24, 2.45) is 5.92 Å². The molecule has 92 valence electrons. The van der Waals surface area contributed by atoms with Crippen molar-refractivity contribution in [2.45, 2.75) is 46.5 Å². The van der Waals surface area contributed by atoms with Gasteiger partial charge in [0.1, 0.15) is 0 Å². The third-order valence-electron chi connectivity index (χ3n) is 3.01. The summed E-state index contributed by atoms with van der Waals surface area (Å²) in [6.45, 7) is 9.03. The summed E-state index contributed by atoms with van der Waals surface area (Å²) in [5.41, 5.74) is 0. The summed E-state index contributed by atoms with van der Waals surface area (Å²) in [7, 11) is 0. The van der Waals surface area contributed by atoms with Gasteiger partial charge < -0.3 is 5.32 Å². The number of nitrogens with one attached hydrogen (secondary N) is 1. The lowest BCUT2D eigenvalue weighted by Gasteiger charge is -2.10. The van der Waals surface area contributed by atoms with E-state index in [4.69, 9.17) is 0 Å². The summed E-state index contributed by atoms with van der Waals surface area (Å²) < 4.78 is 0. The van der Waals surface area contributed by atoms with E-state index in [0.717, 1.165) is 12.5 Å². The van der Waals surface area contributed by atoms with E-state index in [2.05, 4.69) is 38.2 Å². The van der Waals surface area contributed by atoms with Crippen LogP contribution < -0.4 is 5.32 Å². The Kier molecular flexibility index (Phi) is 6.74. The predicted octanol–water partition coefficient (Wildman–Crippen LogP) is 3.88. The maximum atomic E-state index is 3.39. The van der Waals surface area contributed by atoms with Gasteiger partial charge in [-0.2, -0.15) is 0 Å². The highest BCUT2D eigenvalue weighted by molar-refractivity contribution is 7.11. The summed E-state index contributed by atoms with van der Waals surface area (Å²) in [6.07, 6.45) is 5.08. The minimum Gasteiger partial charge on any atom is -0.317 e. The molecular weight excluding hydrogens is 214 g/mol. The van der Waals surface area contributed by atoms with E-state index in [9.17, 15) is 0 Å². The Bertz CT molecular complexity index is 280. The van der Waals surface area contributed by atoms with Crippen LogP contribution in [0.25, 0.3) is 0 Å². The first-order chi connectivity index (χ1) is 7.76. The Morgan fingerprint density at radius 3 is 2.56 bits per heavy atom. The lowest BCUT2D eigenvalue weighted by Crippen LogP contribution is -2.16. The van der Waals surface area contributed by atoms with Crippen molar-refractivity contribution in [1.29, 1.82) is 0 Å². The second-order valence-corrected chi connectivity index (χ2v) is 5.76. The Morgan fingerprint density at radius 2 is 1.94 bits per heavy atom. The van der Waals surface area contributed by atoms with Crippen LogP contribution >= 0.6 is 11.3 Å². The maximum absolute atomic E-state index is 3.39. The van der Waals surface area contributed by atoms with Crippen molar-refractivity contribution in [2.75, 3.05) is 13.1 Å². The van der Waals surface area contributed by atoms with Gasteiger partial charge in [0.2, 0.25) is 0 Å². The van der Waals surface area contributed by atoms with Crippen molar-refractivity contribution < 1.29 is 0 Å². The molecule has 0 bridgehead atoms. The Morgan fingerprint density at radius 1 is 1.19 bits per heavy atom. The molecular formula is C14H25NS. The first-order valence-corrected chi connectivity index (χ1v) is 7.36. The zero-order valence-electron chi connectivity index (χ0n) is 10.9. The number of aryl methyl sites for hydroxylation is 2. The van der Waals surface area contributed by atoms with Gasteiger partial charge in [-0.1, -0.05) is 20.8 Å². The zero-order chi connectivity index (χ0) is 11.8. The van der Waals surface area contributed by atoms with Gasteiger partial charge >= 0.3 is 0 Å². The van der Waals surface area contributed by atoms with Gasteiger partial charge in [-0.25, -0.2) is 0 Å². The molecule has 0 aromatic carbocycles. The number of thiophene rings is 1. The van der Waals surface area contributed by atoms with Crippen LogP contribution in [0.3, 0.4) is 0 Å². The monoisotopic (exact) mass is 239 g/mol. The molecule has 1 nitrogen and oxygen atoms in total. The molecule has 1 N–H and O–H groups in total. The highest BCUT2D eigenvalue weighted by atomic mass is 32.1. The lowest BCUT2D eigenvalue weighted by atomic mass is 10.0. The van der Waals surface area contributed by atoms with Gasteiger partial charge in [-0.15, -0.1) is 11.3 Å². The fourth-order valence-corrected chi connectivity index (χ4v) is 2.78. The van der Waals surface area contributed by atoms with Crippen molar-refractivity contribution in [3.8, 4) is 0 Å². The molecule has 1 rings (SSSR count). The fourth-order valence-electron chi connectivity index (χ4n) is 1.80. The van der Waals surface area contributed by atoms with Crippen LogP contribution in [0.4, 0.5) is 0 Å². The molecule has 0 fully saturated rings. The topological polar surface area (TPSA) is 12.0 Å². The molecule has 1 unspecified atom stereocenters. The van der Waals surface area contributed by atoms with Crippen molar-refractivity contribution in [1.82, 2.24) is 5.32 Å². The average Bonchev–Trinajstić information content (AvgIpc) is 2.74. The van der Waals surface area contributed by atoms with E-state index in [1.165, 1.54) is 37.1 Å². The number of hydrogen-bond acceptors (Lipinski definition) is 2. The Hall–Kier alpha value is -0.340. The van der Waals surface area contributed by atoms with E-state index < -0.39 is 0 Å². The van der Waals surface area contributed by atoms with Crippen LogP contribution in [0.5, 0.6) is 0 Å². The third kappa shape index (κ3) is 5.13. The Labute approximate surface area is 104 Å². The van der Waals surface area contributed by atoms with E-state index in [1.54, 1.807) is 4.88 Å². The van der Waals surface area contributed by atoms with Gasteiger partial charge in [-0.3, -0.25) is 0 Å². The van der Waals surface area contributed by atoms with Gasteiger partial charge in [0.05, 0.1) is 0 Å². The standard InChI is InChI=1S/C14H25NS/c1-4-13-8-9-14(16-13)7-6-12(3)10-11-15-5-2/h8-9,12,15H,4-7,10-11H2,1-3H3. The van der Waals surface area contributed by atoms with Gasteiger partial charge in [0, 0.05) is 9.75 Å². The molecule has 0 saturated heterocycles. The van der Waals surface area contributed by atoms with Crippen molar-refractivity contribution >= 4 is 11.3 Å². The quantitative estimate of drug-likeness (QED) is 0.679. The van der Waals surface area contributed by atoms with Crippen molar-refractivity contribution in [3.05, 3.63) is 21.9 Å².